The molecule has 1 aliphatic rings. The minimum absolute atomic E-state index is 0.0482. The molecule has 0 spiro atoms. The van der Waals surface area contributed by atoms with Crippen LogP contribution in [-0.2, 0) is 9.53 Å². The zero-order valence-corrected chi connectivity index (χ0v) is 21.3. The van der Waals surface area contributed by atoms with Crippen molar-refractivity contribution in [1.29, 1.82) is 0 Å². The molecule has 2 aromatic carbocycles. The number of aromatic nitrogens is 1. The Morgan fingerprint density at radius 1 is 1.08 bits per heavy atom. The Kier molecular flexibility index (Phi) is 7.40. The van der Waals surface area contributed by atoms with Gasteiger partial charge in [-0.1, -0.05) is 36.1 Å². The van der Waals surface area contributed by atoms with Gasteiger partial charge in [0, 0.05) is 11.6 Å². The Bertz CT molecular complexity index is 1520. The zero-order valence-electron chi connectivity index (χ0n) is 20.4. The largest absolute Gasteiger partial charge is 0.497 e. The van der Waals surface area contributed by atoms with Gasteiger partial charge in [0.1, 0.15) is 23.9 Å². The fraction of sp³-hybridized carbons (Fsp3) is 0.222. The van der Waals surface area contributed by atoms with Gasteiger partial charge in [-0.2, -0.15) is 0 Å². The van der Waals surface area contributed by atoms with Crippen molar-refractivity contribution >= 4 is 23.4 Å². The van der Waals surface area contributed by atoms with Gasteiger partial charge >= 0.3 is 5.97 Å². The smallest absolute Gasteiger partial charge is 0.338 e. The Morgan fingerprint density at radius 2 is 1.78 bits per heavy atom. The summed E-state index contributed by atoms with van der Waals surface area (Å²) in [7, 11) is 4.71. The van der Waals surface area contributed by atoms with E-state index in [1.807, 2.05) is 18.2 Å². The van der Waals surface area contributed by atoms with Crippen molar-refractivity contribution in [2.45, 2.75) is 13.0 Å². The van der Waals surface area contributed by atoms with E-state index in [-0.39, 0.29) is 12.2 Å². The second kappa shape index (κ2) is 10.7. The monoisotopic (exact) mass is 506 g/mol. The standard InChI is InChI=1S/C27H26N2O6S/c1-6-13-35-26(31)23-16(2)28-27-29(24(23)17-7-10-19(32-3)11-8-17)25(30)22(36-27)14-18-9-12-20(33-4)15-21(18)34-5/h6-12,14-15,24H,1,13H2,2-5H3/b22-14-/t24-/m1/s1. The molecule has 3 aromatic rings. The molecule has 0 aliphatic carbocycles. The number of ether oxygens (including phenoxy) is 4. The van der Waals surface area contributed by atoms with E-state index in [9.17, 15) is 9.59 Å². The van der Waals surface area contributed by atoms with Crippen LogP contribution in [0.3, 0.4) is 0 Å². The number of rotatable bonds is 8. The van der Waals surface area contributed by atoms with E-state index in [2.05, 4.69) is 11.6 Å². The highest BCUT2D eigenvalue weighted by atomic mass is 32.1. The number of benzene rings is 2. The van der Waals surface area contributed by atoms with Gasteiger partial charge < -0.3 is 18.9 Å². The fourth-order valence-corrected chi connectivity index (χ4v) is 5.01. The maximum absolute atomic E-state index is 13.7. The minimum atomic E-state index is -0.718. The molecule has 0 N–H and O–H groups in total. The molecule has 0 unspecified atom stereocenters. The maximum atomic E-state index is 13.7. The summed E-state index contributed by atoms with van der Waals surface area (Å²) < 4.78 is 23.4. The molecule has 0 radical (unpaired) electrons. The SMILES string of the molecule is C=CCOC(=O)C1=C(C)N=c2s/c(=C\c3ccc(OC)cc3OC)c(=O)n2[C@@H]1c1ccc(OC)cc1. The van der Waals surface area contributed by atoms with Gasteiger partial charge in [0.25, 0.3) is 5.56 Å². The van der Waals surface area contributed by atoms with E-state index >= 15 is 0 Å². The quantitative estimate of drug-likeness (QED) is 0.345. The van der Waals surface area contributed by atoms with Crippen LogP contribution < -0.4 is 29.1 Å². The maximum Gasteiger partial charge on any atom is 0.338 e. The minimum Gasteiger partial charge on any atom is -0.497 e. The molecule has 0 saturated heterocycles. The van der Waals surface area contributed by atoms with Crippen LogP contribution in [0.2, 0.25) is 0 Å². The molecule has 0 saturated carbocycles. The van der Waals surface area contributed by atoms with Crippen molar-refractivity contribution in [3.05, 3.63) is 97.2 Å². The molecule has 1 aromatic heterocycles. The highest BCUT2D eigenvalue weighted by Gasteiger charge is 2.33. The predicted molar refractivity (Wildman–Crippen MR) is 137 cm³/mol. The van der Waals surface area contributed by atoms with Crippen LogP contribution in [0.4, 0.5) is 0 Å². The molecule has 0 bridgehead atoms. The molecular formula is C27H26N2O6S. The lowest BCUT2D eigenvalue weighted by atomic mass is 9.96. The molecule has 36 heavy (non-hydrogen) atoms. The summed E-state index contributed by atoms with van der Waals surface area (Å²) in [6.07, 6.45) is 3.25. The highest BCUT2D eigenvalue weighted by Crippen LogP contribution is 2.32. The van der Waals surface area contributed by atoms with Crippen molar-refractivity contribution in [3.8, 4) is 17.2 Å². The first-order valence-corrected chi connectivity index (χ1v) is 11.9. The van der Waals surface area contributed by atoms with Gasteiger partial charge in [-0.05, 0) is 42.8 Å². The van der Waals surface area contributed by atoms with E-state index in [0.717, 1.165) is 5.56 Å². The molecule has 0 fully saturated rings. The summed E-state index contributed by atoms with van der Waals surface area (Å²) in [6, 6.07) is 11.9. The van der Waals surface area contributed by atoms with Crippen LogP contribution in [0.5, 0.6) is 17.2 Å². The molecule has 0 amide bonds. The first-order valence-electron chi connectivity index (χ1n) is 11.1. The number of allylic oxidation sites excluding steroid dienone is 1. The normalized spacial score (nSPS) is 15.1. The Morgan fingerprint density at radius 3 is 2.42 bits per heavy atom. The van der Waals surface area contributed by atoms with Crippen LogP contribution in [0, 0.1) is 0 Å². The summed E-state index contributed by atoms with van der Waals surface area (Å²) in [6.45, 7) is 5.39. The Hall–Kier alpha value is -4.11. The number of thiazole rings is 1. The van der Waals surface area contributed by atoms with Gasteiger partial charge in [-0.25, -0.2) is 9.79 Å². The third-order valence-electron chi connectivity index (χ3n) is 5.73. The Balaban J connectivity index is 1.92. The number of esters is 1. The van der Waals surface area contributed by atoms with Gasteiger partial charge in [-0.15, -0.1) is 0 Å². The molecule has 1 aliphatic heterocycles. The number of methoxy groups -OCH3 is 3. The topological polar surface area (TPSA) is 88.4 Å². The van der Waals surface area contributed by atoms with E-state index < -0.39 is 12.0 Å². The molecule has 8 nitrogen and oxygen atoms in total. The molecule has 1 atom stereocenters. The van der Waals surface area contributed by atoms with Gasteiger partial charge in [0.05, 0.1) is 43.2 Å². The summed E-state index contributed by atoms with van der Waals surface area (Å²) in [5.41, 5.74) is 1.94. The first-order chi connectivity index (χ1) is 17.4. The average Bonchev–Trinajstić information content (AvgIpc) is 3.20. The van der Waals surface area contributed by atoms with Crippen LogP contribution >= 0.6 is 11.3 Å². The van der Waals surface area contributed by atoms with Gasteiger partial charge in [-0.3, -0.25) is 9.36 Å². The summed E-state index contributed by atoms with van der Waals surface area (Å²) in [5, 5.41) is 0. The summed E-state index contributed by atoms with van der Waals surface area (Å²) in [5.74, 6) is 1.32. The van der Waals surface area contributed by atoms with E-state index in [0.29, 0.717) is 43.4 Å². The summed E-state index contributed by atoms with van der Waals surface area (Å²) >= 11 is 1.24. The predicted octanol–water partition coefficient (Wildman–Crippen LogP) is 2.99. The summed E-state index contributed by atoms with van der Waals surface area (Å²) in [4.78, 5) is 31.9. The number of carbonyl (C=O) groups excluding carboxylic acids is 1. The van der Waals surface area contributed by atoms with E-state index in [1.165, 1.54) is 22.0 Å². The molecular weight excluding hydrogens is 480 g/mol. The number of hydrogen-bond acceptors (Lipinski definition) is 8. The van der Waals surface area contributed by atoms with E-state index in [4.69, 9.17) is 18.9 Å². The fourth-order valence-electron chi connectivity index (χ4n) is 3.98. The van der Waals surface area contributed by atoms with Crippen molar-refractivity contribution in [1.82, 2.24) is 4.57 Å². The molecule has 186 valence electrons. The van der Waals surface area contributed by atoms with Crippen LogP contribution in [0.25, 0.3) is 6.08 Å². The third-order valence-corrected chi connectivity index (χ3v) is 6.72. The van der Waals surface area contributed by atoms with Crippen molar-refractivity contribution in [3.63, 3.8) is 0 Å². The van der Waals surface area contributed by atoms with Crippen molar-refractivity contribution in [2.75, 3.05) is 27.9 Å². The average molecular weight is 507 g/mol. The number of fused-ring (bicyclic) bond motifs is 1. The lowest BCUT2D eigenvalue weighted by molar-refractivity contribution is -0.138. The second-order valence-corrected chi connectivity index (χ2v) is 8.86. The van der Waals surface area contributed by atoms with Crippen LogP contribution in [0.15, 0.2) is 76.2 Å². The highest BCUT2D eigenvalue weighted by molar-refractivity contribution is 7.07. The second-order valence-electron chi connectivity index (χ2n) is 7.85. The van der Waals surface area contributed by atoms with Crippen LogP contribution in [0.1, 0.15) is 24.1 Å². The zero-order chi connectivity index (χ0) is 25.8. The first kappa shape index (κ1) is 25.0. The lowest BCUT2D eigenvalue weighted by Crippen LogP contribution is -2.39. The number of carbonyl (C=O) groups is 1. The van der Waals surface area contributed by atoms with E-state index in [1.54, 1.807) is 58.6 Å². The Labute approximate surface area is 212 Å². The van der Waals surface area contributed by atoms with Crippen LogP contribution in [-0.4, -0.2) is 38.5 Å². The van der Waals surface area contributed by atoms with Gasteiger partial charge in [0.2, 0.25) is 0 Å². The molecule has 4 rings (SSSR count). The molecule has 9 heteroatoms. The van der Waals surface area contributed by atoms with Crippen molar-refractivity contribution in [2.24, 2.45) is 4.99 Å². The molecule has 2 heterocycles. The number of hydrogen-bond donors (Lipinski definition) is 0. The van der Waals surface area contributed by atoms with Gasteiger partial charge in [0.15, 0.2) is 4.80 Å². The lowest BCUT2D eigenvalue weighted by Gasteiger charge is -2.24. The van der Waals surface area contributed by atoms with Crippen molar-refractivity contribution < 1.29 is 23.7 Å². The third kappa shape index (κ3) is 4.70. The number of nitrogens with zero attached hydrogens (tertiary/aromatic N) is 2.